The lowest BCUT2D eigenvalue weighted by molar-refractivity contribution is -0.385. The number of ether oxygens (including phenoxy) is 2. The van der Waals surface area contributed by atoms with Gasteiger partial charge < -0.3 is 19.7 Å². The van der Waals surface area contributed by atoms with Crippen LogP contribution in [0.5, 0.6) is 11.5 Å². The third-order valence-corrected chi connectivity index (χ3v) is 7.08. The highest BCUT2D eigenvalue weighted by Crippen LogP contribution is 2.31. The molecule has 0 saturated carbocycles. The number of benzene rings is 3. The number of amides is 2. The van der Waals surface area contributed by atoms with Crippen LogP contribution in [0.4, 0.5) is 5.69 Å². The molecule has 3 rings (SSSR count). The number of nitro groups is 1. The van der Waals surface area contributed by atoms with Gasteiger partial charge in [-0.1, -0.05) is 66.5 Å². The zero-order valence-corrected chi connectivity index (χ0v) is 23.9. The zero-order chi connectivity index (χ0) is 29.2. The molecular weight excluding hydrogens is 557 g/mol. The minimum atomic E-state index is -0.911. The fourth-order valence-corrected chi connectivity index (χ4v) is 4.49. The number of nitrogens with zero attached hydrogens (tertiary/aromatic N) is 2. The van der Waals surface area contributed by atoms with Crippen LogP contribution < -0.4 is 14.8 Å². The SMILES string of the molecule is CC[C@@H](C)NC(=O)[C@@H](Cc1ccccc1)N(Cc1c(Cl)cccc1Cl)C(=O)COc1ccc([N+](=O)[O-])c(OC)c1. The van der Waals surface area contributed by atoms with Crippen molar-refractivity contribution < 1.29 is 24.0 Å². The van der Waals surface area contributed by atoms with Crippen molar-refractivity contribution in [1.82, 2.24) is 10.2 Å². The van der Waals surface area contributed by atoms with Gasteiger partial charge in [0.1, 0.15) is 11.8 Å². The molecule has 0 aromatic heterocycles. The molecule has 3 aromatic carbocycles. The van der Waals surface area contributed by atoms with Gasteiger partial charge in [-0.15, -0.1) is 0 Å². The first-order valence-electron chi connectivity index (χ1n) is 12.7. The first-order valence-corrected chi connectivity index (χ1v) is 13.4. The highest BCUT2D eigenvalue weighted by molar-refractivity contribution is 6.36. The molecule has 0 saturated heterocycles. The number of hydrogen-bond donors (Lipinski definition) is 1. The Morgan fingerprint density at radius 1 is 1.05 bits per heavy atom. The summed E-state index contributed by atoms with van der Waals surface area (Å²) >= 11 is 12.9. The Balaban J connectivity index is 1.97. The molecule has 0 aliphatic carbocycles. The largest absolute Gasteiger partial charge is 0.490 e. The fraction of sp³-hybridized carbons (Fsp3) is 0.310. The van der Waals surface area contributed by atoms with Crippen molar-refractivity contribution in [2.75, 3.05) is 13.7 Å². The smallest absolute Gasteiger partial charge is 0.311 e. The minimum absolute atomic E-state index is 0.00969. The Morgan fingerprint density at radius 2 is 1.73 bits per heavy atom. The van der Waals surface area contributed by atoms with Crippen molar-refractivity contribution >= 4 is 40.7 Å². The molecule has 40 heavy (non-hydrogen) atoms. The van der Waals surface area contributed by atoms with Crippen LogP contribution in [-0.4, -0.2) is 47.4 Å². The number of hydrogen-bond acceptors (Lipinski definition) is 6. The first kappa shape index (κ1) is 30.7. The highest BCUT2D eigenvalue weighted by atomic mass is 35.5. The van der Waals surface area contributed by atoms with Gasteiger partial charge in [0.25, 0.3) is 5.91 Å². The third-order valence-electron chi connectivity index (χ3n) is 6.37. The van der Waals surface area contributed by atoms with E-state index in [1.165, 1.54) is 30.2 Å². The lowest BCUT2D eigenvalue weighted by Crippen LogP contribution is -2.53. The summed E-state index contributed by atoms with van der Waals surface area (Å²) in [7, 11) is 1.30. The number of carbonyl (C=O) groups is 2. The predicted molar refractivity (Wildman–Crippen MR) is 154 cm³/mol. The van der Waals surface area contributed by atoms with E-state index in [0.717, 1.165) is 5.56 Å². The molecule has 2 amide bonds. The Bertz CT molecular complexity index is 1320. The molecule has 2 atom stereocenters. The maximum Gasteiger partial charge on any atom is 0.311 e. The van der Waals surface area contributed by atoms with Crippen molar-refractivity contribution in [2.24, 2.45) is 0 Å². The summed E-state index contributed by atoms with van der Waals surface area (Å²) in [5, 5.41) is 14.9. The summed E-state index contributed by atoms with van der Waals surface area (Å²) in [5.74, 6) is -0.653. The Hall–Kier alpha value is -3.82. The van der Waals surface area contributed by atoms with Crippen molar-refractivity contribution in [2.45, 2.75) is 45.3 Å². The van der Waals surface area contributed by atoms with Crippen LogP contribution in [0.2, 0.25) is 10.0 Å². The van der Waals surface area contributed by atoms with Crippen molar-refractivity contribution in [3.8, 4) is 11.5 Å². The summed E-state index contributed by atoms with van der Waals surface area (Å²) in [6.45, 7) is 3.34. The highest BCUT2D eigenvalue weighted by Gasteiger charge is 2.32. The van der Waals surface area contributed by atoms with E-state index in [-0.39, 0.29) is 42.1 Å². The molecule has 3 aromatic rings. The first-order chi connectivity index (χ1) is 19.1. The molecule has 0 fully saturated rings. The van der Waals surface area contributed by atoms with Gasteiger partial charge >= 0.3 is 5.69 Å². The van der Waals surface area contributed by atoms with Crippen LogP contribution in [0.3, 0.4) is 0 Å². The van der Waals surface area contributed by atoms with Gasteiger partial charge in [-0.05, 0) is 37.1 Å². The number of halogens is 2. The molecule has 0 bridgehead atoms. The number of carbonyl (C=O) groups excluding carboxylic acids is 2. The molecule has 9 nitrogen and oxygen atoms in total. The molecule has 1 N–H and O–H groups in total. The Labute approximate surface area is 243 Å². The lowest BCUT2D eigenvalue weighted by Gasteiger charge is -2.32. The van der Waals surface area contributed by atoms with Gasteiger partial charge in [-0.3, -0.25) is 19.7 Å². The monoisotopic (exact) mass is 587 g/mol. The topological polar surface area (TPSA) is 111 Å². The summed E-state index contributed by atoms with van der Waals surface area (Å²) in [5.41, 5.74) is 1.11. The van der Waals surface area contributed by atoms with E-state index < -0.39 is 23.5 Å². The van der Waals surface area contributed by atoms with Gasteiger partial charge in [0, 0.05) is 46.7 Å². The minimum Gasteiger partial charge on any atom is -0.490 e. The second kappa shape index (κ2) is 14.5. The molecule has 0 aliphatic heterocycles. The van der Waals surface area contributed by atoms with E-state index in [4.69, 9.17) is 32.7 Å². The number of methoxy groups -OCH3 is 1. The van der Waals surface area contributed by atoms with Crippen LogP contribution in [0.25, 0.3) is 0 Å². The average molecular weight is 588 g/mol. The van der Waals surface area contributed by atoms with Gasteiger partial charge in [0.15, 0.2) is 6.61 Å². The predicted octanol–water partition coefficient (Wildman–Crippen LogP) is 5.84. The van der Waals surface area contributed by atoms with E-state index in [1.54, 1.807) is 18.2 Å². The summed E-state index contributed by atoms with van der Waals surface area (Å²) in [6.07, 6.45) is 0.946. The average Bonchev–Trinajstić information content (AvgIpc) is 2.95. The van der Waals surface area contributed by atoms with Crippen molar-refractivity contribution in [1.29, 1.82) is 0 Å². The second-order valence-electron chi connectivity index (χ2n) is 9.12. The Morgan fingerprint density at radius 3 is 2.33 bits per heavy atom. The Kier molecular flexibility index (Phi) is 11.2. The van der Waals surface area contributed by atoms with E-state index in [1.807, 2.05) is 44.2 Å². The maximum absolute atomic E-state index is 13.8. The molecular formula is C29H31Cl2N3O6. The van der Waals surface area contributed by atoms with E-state index in [9.17, 15) is 19.7 Å². The molecule has 212 valence electrons. The maximum atomic E-state index is 13.8. The molecule has 0 heterocycles. The molecule has 0 unspecified atom stereocenters. The quantitative estimate of drug-likeness (QED) is 0.198. The molecule has 0 radical (unpaired) electrons. The normalized spacial score (nSPS) is 12.2. The summed E-state index contributed by atoms with van der Waals surface area (Å²) in [4.78, 5) is 39.4. The van der Waals surface area contributed by atoms with Crippen LogP contribution in [0.1, 0.15) is 31.4 Å². The molecule has 0 aliphatic rings. The molecule has 0 spiro atoms. The fourth-order valence-electron chi connectivity index (χ4n) is 3.98. The van der Waals surface area contributed by atoms with Crippen LogP contribution >= 0.6 is 23.2 Å². The lowest BCUT2D eigenvalue weighted by atomic mass is 10.0. The number of nitrogens with one attached hydrogen (secondary N) is 1. The summed E-state index contributed by atoms with van der Waals surface area (Å²) < 4.78 is 10.8. The number of rotatable bonds is 13. The van der Waals surface area contributed by atoms with E-state index in [0.29, 0.717) is 22.0 Å². The van der Waals surface area contributed by atoms with Gasteiger partial charge in [-0.25, -0.2) is 0 Å². The second-order valence-corrected chi connectivity index (χ2v) is 9.94. The summed E-state index contributed by atoms with van der Waals surface area (Å²) in [6, 6.07) is 17.3. The van der Waals surface area contributed by atoms with Gasteiger partial charge in [-0.2, -0.15) is 0 Å². The zero-order valence-electron chi connectivity index (χ0n) is 22.4. The van der Waals surface area contributed by atoms with Gasteiger partial charge in [0.2, 0.25) is 11.7 Å². The van der Waals surface area contributed by atoms with Crippen LogP contribution in [-0.2, 0) is 22.6 Å². The van der Waals surface area contributed by atoms with E-state index in [2.05, 4.69) is 5.32 Å². The third kappa shape index (κ3) is 8.09. The van der Waals surface area contributed by atoms with Crippen molar-refractivity contribution in [3.05, 3.63) is 98.0 Å². The standard InChI is InChI=1S/C29H31Cl2N3O6/c1-4-19(2)32-29(36)26(15-20-9-6-5-7-10-20)33(17-22-23(30)11-8-12-24(22)31)28(35)18-40-21-13-14-25(34(37)38)27(16-21)39-3/h5-14,16,19,26H,4,15,17-18H2,1-3H3,(H,32,36)/t19-,26-/m1/s1. The number of nitro benzene ring substituents is 1. The van der Waals surface area contributed by atoms with Crippen LogP contribution in [0, 0.1) is 10.1 Å². The van der Waals surface area contributed by atoms with Gasteiger partial charge in [0.05, 0.1) is 12.0 Å². The van der Waals surface area contributed by atoms with Crippen molar-refractivity contribution in [3.63, 3.8) is 0 Å². The van der Waals surface area contributed by atoms with E-state index >= 15 is 0 Å². The molecule has 11 heteroatoms. The van der Waals surface area contributed by atoms with Crippen LogP contribution in [0.15, 0.2) is 66.7 Å².